The Morgan fingerprint density at radius 1 is 1.31 bits per heavy atom. The summed E-state index contributed by atoms with van der Waals surface area (Å²) < 4.78 is 0. The van der Waals surface area contributed by atoms with Gasteiger partial charge in [0.05, 0.1) is 0 Å². The molecule has 1 aromatic carbocycles. The molecular weight excluding hydrogens is 158 g/mol. The summed E-state index contributed by atoms with van der Waals surface area (Å²) in [6.45, 7) is 9.81. The summed E-state index contributed by atoms with van der Waals surface area (Å²) >= 11 is 0. The van der Waals surface area contributed by atoms with Crippen molar-refractivity contribution in [2.75, 3.05) is 12.4 Å². The van der Waals surface area contributed by atoms with E-state index in [0.29, 0.717) is 0 Å². The Morgan fingerprint density at radius 3 is 2.38 bits per heavy atom. The smallest absolute Gasteiger partial charge is 0.0413 e. The van der Waals surface area contributed by atoms with Gasteiger partial charge < -0.3 is 5.32 Å². The Bertz CT molecular complexity index is 264. The summed E-state index contributed by atoms with van der Waals surface area (Å²) in [5.41, 5.74) is 3.55. The third-order valence-electron chi connectivity index (χ3n) is 1.70. The van der Waals surface area contributed by atoms with Gasteiger partial charge in [-0.1, -0.05) is 38.6 Å². The third-order valence-corrected chi connectivity index (χ3v) is 1.70. The Hall–Kier alpha value is -1.24. The van der Waals surface area contributed by atoms with E-state index in [2.05, 4.69) is 37.0 Å². The van der Waals surface area contributed by atoms with Crippen molar-refractivity contribution >= 4 is 11.8 Å². The van der Waals surface area contributed by atoms with E-state index in [4.69, 9.17) is 0 Å². The topological polar surface area (TPSA) is 12.0 Å². The zero-order chi connectivity index (χ0) is 10.3. The Labute approximate surface area is 81.5 Å². The van der Waals surface area contributed by atoms with Gasteiger partial charge in [-0.2, -0.15) is 0 Å². The van der Waals surface area contributed by atoms with E-state index in [0.717, 1.165) is 11.3 Å². The second kappa shape index (κ2) is 6.30. The predicted octanol–water partition coefficient (Wildman–Crippen LogP) is 3.71. The highest BCUT2D eigenvalue weighted by molar-refractivity contribution is 5.66. The van der Waals surface area contributed by atoms with E-state index >= 15 is 0 Å². The lowest BCUT2D eigenvalue weighted by molar-refractivity contribution is 1.42. The summed E-state index contributed by atoms with van der Waals surface area (Å²) in [5.74, 6) is 0. The maximum atomic E-state index is 3.73. The molecule has 1 aromatic rings. The lowest BCUT2D eigenvalue weighted by Crippen LogP contribution is -1.91. The predicted molar refractivity (Wildman–Crippen MR) is 62.2 cm³/mol. The van der Waals surface area contributed by atoms with Gasteiger partial charge in [0, 0.05) is 12.7 Å². The van der Waals surface area contributed by atoms with E-state index in [1.165, 1.54) is 5.56 Å². The molecule has 0 radical (unpaired) electrons. The van der Waals surface area contributed by atoms with Gasteiger partial charge >= 0.3 is 0 Å². The SMILES string of the molecule is C=Cc1ccc(C)cc1NC.CC. The maximum absolute atomic E-state index is 3.73. The molecule has 1 heteroatoms. The summed E-state index contributed by atoms with van der Waals surface area (Å²) in [6, 6.07) is 6.25. The van der Waals surface area contributed by atoms with Crippen LogP contribution in [0.1, 0.15) is 25.0 Å². The van der Waals surface area contributed by atoms with Gasteiger partial charge in [0.25, 0.3) is 0 Å². The van der Waals surface area contributed by atoms with Crippen LogP contribution in [0.2, 0.25) is 0 Å². The van der Waals surface area contributed by atoms with Crippen LogP contribution in [0.25, 0.3) is 6.08 Å². The highest BCUT2D eigenvalue weighted by Gasteiger charge is 1.94. The van der Waals surface area contributed by atoms with Crippen molar-refractivity contribution in [2.45, 2.75) is 20.8 Å². The molecule has 0 unspecified atom stereocenters. The van der Waals surface area contributed by atoms with Crippen LogP contribution in [0.3, 0.4) is 0 Å². The van der Waals surface area contributed by atoms with E-state index in [-0.39, 0.29) is 0 Å². The number of aryl methyl sites for hydroxylation is 1. The van der Waals surface area contributed by atoms with Gasteiger partial charge in [-0.3, -0.25) is 0 Å². The molecule has 1 nitrogen and oxygen atoms in total. The van der Waals surface area contributed by atoms with Gasteiger partial charge in [0.1, 0.15) is 0 Å². The first-order chi connectivity index (χ1) is 6.27. The largest absolute Gasteiger partial charge is 0.388 e. The monoisotopic (exact) mass is 177 g/mol. The van der Waals surface area contributed by atoms with Crippen LogP contribution < -0.4 is 5.32 Å². The molecule has 0 amide bonds. The number of nitrogens with one attached hydrogen (secondary N) is 1. The number of benzene rings is 1. The average Bonchev–Trinajstić information content (AvgIpc) is 2.20. The second-order valence-electron chi connectivity index (χ2n) is 2.54. The van der Waals surface area contributed by atoms with E-state index in [9.17, 15) is 0 Å². The standard InChI is InChI=1S/C10H13N.C2H6/c1-4-9-6-5-8(2)7-10(9)11-3;1-2/h4-7,11H,1H2,2-3H3;1-2H3. The lowest BCUT2D eigenvalue weighted by Gasteiger charge is -2.05. The summed E-state index contributed by atoms with van der Waals surface area (Å²) in [4.78, 5) is 0. The normalized spacial score (nSPS) is 8.31. The summed E-state index contributed by atoms with van der Waals surface area (Å²) in [5, 5.41) is 3.12. The first-order valence-electron chi connectivity index (χ1n) is 4.68. The van der Waals surface area contributed by atoms with Crippen LogP contribution in [0, 0.1) is 6.92 Å². The minimum atomic E-state index is 1.14. The molecule has 0 heterocycles. The maximum Gasteiger partial charge on any atom is 0.0413 e. The van der Waals surface area contributed by atoms with Gasteiger partial charge in [0.15, 0.2) is 0 Å². The molecule has 1 rings (SSSR count). The quantitative estimate of drug-likeness (QED) is 0.726. The number of hydrogen-bond acceptors (Lipinski definition) is 1. The number of rotatable bonds is 2. The van der Waals surface area contributed by atoms with E-state index < -0.39 is 0 Å². The van der Waals surface area contributed by atoms with Crippen LogP contribution in [0.15, 0.2) is 24.8 Å². The van der Waals surface area contributed by atoms with Gasteiger partial charge in [-0.05, 0) is 24.1 Å². The van der Waals surface area contributed by atoms with Crippen molar-refractivity contribution < 1.29 is 0 Å². The molecule has 0 saturated carbocycles. The van der Waals surface area contributed by atoms with Crippen molar-refractivity contribution in [1.29, 1.82) is 0 Å². The highest BCUT2D eigenvalue weighted by atomic mass is 14.8. The van der Waals surface area contributed by atoms with Crippen molar-refractivity contribution in [3.05, 3.63) is 35.9 Å². The molecule has 0 aromatic heterocycles. The van der Waals surface area contributed by atoms with Crippen molar-refractivity contribution in [3.63, 3.8) is 0 Å². The molecule has 0 aliphatic heterocycles. The molecule has 0 spiro atoms. The molecular formula is C12H19N. The molecule has 0 fully saturated rings. The van der Waals surface area contributed by atoms with Crippen LogP contribution in [0.4, 0.5) is 5.69 Å². The molecule has 0 aliphatic carbocycles. The van der Waals surface area contributed by atoms with E-state index in [1.54, 1.807) is 0 Å². The third kappa shape index (κ3) is 3.32. The van der Waals surface area contributed by atoms with Gasteiger partial charge in [-0.25, -0.2) is 0 Å². The van der Waals surface area contributed by atoms with Crippen molar-refractivity contribution in [2.24, 2.45) is 0 Å². The summed E-state index contributed by atoms with van der Waals surface area (Å²) in [7, 11) is 1.92. The van der Waals surface area contributed by atoms with Crippen LogP contribution in [-0.2, 0) is 0 Å². The molecule has 0 atom stereocenters. The zero-order valence-corrected chi connectivity index (χ0v) is 9.02. The molecule has 0 aliphatic rings. The lowest BCUT2D eigenvalue weighted by atomic mass is 10.1. The fourth-order valence-corrected chi connectivity index (χ4v) is 1.06. The van der Waals surface area contributed by atoms with Crippen molar-refractivity contribution in [3.8, 4) is 0 Å². The van der Waals surface area contributed by atoms with Gasteiger partial charge in [0.2, 0.25) is 0 Å². The Morgan fingerprint density at radius 2 is 1.92 bits per heavy atom. The molecule has 0 bridgehead atoms. The highest BCUT2D eigenvalue weighted by Crippen LogP contribution is 2.17. The molecule has 72 valence electrons. The fraction of sp³-hybridized carbons (Fsp3) is 0.333. The van der Waals surface area contributed by atoms with Crippen LogP contribution >= 0.6 is 0 Å². The second-order valence-corrected chi connectivity index (χ2v) is 2.54. The van der Waals surface area contributed by atoms with Crippen LogP contribution in [-0.4, -0.2) is 7.05 Å². The van der Waals surface area contributed by atoms with E-state index in [1.807, 2.05) is 27.0 Å². The Kier molecular flexibility index (Phi) is 5.69. The minimum Gasteiger partial charge on any atom is -0.388 e. The van der Waals surface area contributed by atoms with Crippen LogP contribution in [0.5, 0.6) is 0 Å². The molecule has 13 heavy (non-hydrogen) atoms. The Balaban J connectivity index is 0.000000671. The number of hydrogen-bond donors (Lipinski definition) is 1. The number of anilines is 1. The molecule has 1 N–H and O–H groups in total. The fourth-order valence-electron chi connectivity index (χ4n) is 1.06. The van der Waals surface area contributed by atoms with Gasteiger partial charge in [-0.15, -0.1) is 0 Å². The van der Waals surface area contributed by atoms with Crippen molar-refractivity contribution in [1.82, 2.24) is 0 Å². The first kappa shape index (κ1) is 11.8. The minimum absolute atomic E-state index is 1.14. The zero-order valence-electron chi connectivity index (χ0n) is 9.02. The first-order valence-corrected chi connectivity index (χ1v) is 4.68. The molecule has 0 saturated heterocycles. The summed E-state index contributed by atoms with van der Waals surface area (Å²) in [6.07, 6.45) is 1.85. The average molecular weight is 177 g/mol.